The number of halogens is 2. The van der Waals surface area contributed by atoms with Crippen LogP contribution in [0, 0.1) is 0 Å². The minimum Gasteiger partial charge on any atom is -0.388 e. The van der Waals surface area contributed by atoms with Gasteiger partial charge in [0.15, 0.2) is 0 Å². The first-order chi connectivity index (χ1) is 9.47. The molecule has 4 heteroatoms. The number of hydrogen-bond acceptors (Lipinski definition) is 2. The Morgan fingerprint density at radius 2 is 1.80 bits per heavy atom. The zero-order valence-corrected chi connectivity index (χ0v) is 13.0. The van der Waals surface area contributed by atoms with Gasteiger partial charge in [-0.3, -0.25) is 0 Å². The van der Waals surface area contributed by atoms with E-state index in [4.69, 9.17) is 23.2 Å². The van der Waals surface area contributed by atoms with E-state index in [0.717, 1.165) is 16.8 Å². The SMILES string of the molecule is CN(C)c1cccc(C(O)Cc2ccc(Cl)c(Cl)c2)c1. The van der Waals surface area contributed by atoms with Gasteiger partial charge in [-0.05, 0) is 35.4 Å². The maximum absolute atomic E-state index is 10.3. The summed E-state index contributed by atoms with van der Waals surface area (Å²) < 4.78 is 0. The minimum absolute atomic E-state index is 0.508. The van der Waals surface area contributed by atoms with E-state index in [2.05, 4.69) is 0 Å². The molecule has 0 fully saturated rings. The number of rotatable bonds is 4. The second kappa shape index (κ2) is 6.49. The number of nitrogens with zero attached hydrogens (tertiary/aromatic N) is 1. The fourth-order valence-corrected chi connectivity index (χ4v) is 2.34. The lowest BCUT2D eigenvalue weighted by Gasteiger charge is -2.16. The van der Waals surface area contributed by atoms with Gasteiger partial charge in [0.1, 0.15) is 0 Å². The molecule has 0 radical (unpaired) electrons. The Hall–Kier alpha value is -1.22. The molecule has 0 amide bonds. The first kappa shape index (κ1) is 15.2. The highest BCUT2D eigenvalue weighted by Gasteiger charge is 2.11. The van der Waals surface area contributed by atoms with E-state index in [-0.39, 0.29) is 0 Å². The quantitative estimate of drug-likeness (QED) is 0.908. The third-order valence-corrected chi connectivity index (χ3v) is 3.92. The van der Waals surface area contributed by atoms with Crippen molar-refractivity contribution >= 4 is 28.9 Å². The molecule has 0 aliphatic rings. The standard InChI is InChI=1S/C16H17Cl2NO/c1-19(2)13-5-3-4-12(10-13)16(20)9-11-6-7-14(17)15(18)8-11/h3-8,10,16,20H,9H2,1-2H3. The monoisotopic (exact) mass is 309 g/mol. The summed E-state index contributed by atoms with van der Waals surface area (Å²) in [6.07, 6.45) is -0.0551. The number of benzene rings is 2. The number of hydrogen-bond donors (Lipinski definition) is 1. The molecule has 0 heterocycles. The van der Waals surface area contributed by atoms with E-state index < -0.39 is 6.10 Å². The van der Waals surface area contributed by atoms with E-state index >= 15 is 0 Å². The molecule has 1 atom stereocenters. The molecule has 0 aliphatic carbocycles. The molecule has 0 aliphatic heterocycles. The second-order valence-corrected chi connectivity index (χ2v) is 5.77. The molecule has 0 saturated carbocycles. The van der Waals surface area contributed by atoms with Gasteiger partial charge in [0, 0.05) is 26.2 Å². The average Bonchev–Trinajstić information content (AvgIpc) is 2.43. The van der Waals surface area contributed by atoms with Gasteiger partial charge in [0.2, 0.25) is 0 Å². The van der Waals surface area contributed by atoms with Crippen molar-refractivity contribution < 1.29 is 5.11 Å². The van der Waals surface area contributed by atoms with E-state index in [1.807, 2.05) is 49.3 Å². The van der Waals surface area contributed by atoms with Crippen molar-refractivity contribution in [2.75, 3.05) is 19.0 Å². The fourth-order valence-electron chi connectivity index (χ4n) is 2.02. The van der Waals surface area contributed by atoms with Crippen molar-refractivity contribution in [3.05, 3.63) is 63.6 Å². The van der Waals surface area contributed by atoms with Crippen LogP contribution in [0.3, 0.4) is 0 Å². The average molecular weight is 310 g/mol. The summed E-state index contributed by atoms with van der Waals surface area (Å²) >= 11 is 11.9. The van der Waals surface area contributed by atoms with Crippen molar-refractivity contribution in [3.8, 4) is 0 Å². The van der Waals surface area contributed by atoms with E-state index in [1.54, 1.807) is 12.1 Å². The molecule has 0 aromatic heterocycles. The van der Waals surface area contributed by atoms with E-state index in [0.29, 0.717) is 16.5 Å². The van der Waals surface area contributed by atoms with Crippen LogP contribution in [0.2, 0.25) is 10.0 Å². The number of anilines is 1. The van der Waals surface area contributed by atoms with E-state index in [9.17, 15) is 5.11 Å². The smallest absolute Gasteiger partial charge is 0.0831 e. The molecular weight excluding hydrogens is 293 g/mol. The molecule has 0 spiro atoms. The van der Waals surface area contributed by atoms with Crippen molar-refractivity contribution in [1.29, 1.82) is 0 Å². The van der Waals surface area contributed by atoms with Gasteiger partial charge < -0.3 is 10.0 Å². The van der Waals surface area contributed by atoms with Crippen molar-refractivity contribution in [2.45, 2.75) is 12.5 Å². The number of aliphatic hydroxyl groups is 1. The molecule has 20 heavy (non-hydrogen) atoms. The first-order valence-corrected chi connectivity index (χ1v) is 7.12. The van der Waals surface area contributed by atoms with Gasteiger partial charge in [-0.15, -0.1) is 0 Å². The third-order valence-electron chi connectivity index (χ3n) is 3.18. The van der Waals surface area contributed by atoms with Crippen LogP contribution in [0.1, 0.15) is 17.2 Å². The summed E-state index contributed by atoms with van der Waals surface area (Å²) in [5.74, 6) is 0. The molecule has 2 nitrogen and oxygen atoms in total. The Balaban J connectivity index is 2.17. The van der Waals surface area contributed by atoms with Crippen LogP contribution in [0.15, 0.2) is 42.5 Å². The van der Waals surface area contributed by atoms with Crippen LogP contribution in [0.5, 0.6) is 0 Å². The summed E-state index contributed by atoms with van der Waals surface area (Å²) in [5, 5.41) is 11.4. The topological polar surface area (TPSA) is 23.5 Å². The normalized spacial score (nSPS) is 12.2. The summed E-state index contributed by atoms with van der Waals surface area (Å²) in [5.41, 5.74) is 2.92. The Morgan fingerprint density at radius 3 is 2.45 bits per heavy atom. The molecule has 0 bridgehead atoms. The molecule has 1 unspecified atom stereocenters. The zero-order valence-electron chi connectivity index (χ0n) is 11.5. The van der Waals surface area contributed by atoms with Gasteiger partial charge in [-0.1, -0.05) is 41.4 Å². The van der Waals surface area contributed by atoms with Crippen LogP contribution in [-0.2, 0) is 6.42 Å². The van der Waals surface area contributed by atoms with Crippen LogP contribution in [-0.4, -0.2) is 19.2 Å². The van der Waals surface area contributed by atoms with E-state index in [1.165, 1.54) is 0 Å². The highest BCUT2D eigenvalue weighted by Crippen LogP contribution is 2.26. The molecule has 2 aromatic rings. The molecule has 2 aromatic carbocycles. The van der Waals surface area contributed by atoms with Gasteiger partial charge >= 0.3 is 0 Å². The molecular formula is C16H17Cl2NO. The Labute approximate surface area is 129 Å². The van der Waals surface area contributed by atoms with Gasteiger partial charge in [0.25, 0.3) is 0 Å². The molecule has 2 rings (SSSR count). The predicted molar refractivity (Wildman–Crippen MR) is 85.9 cm³/mol. The van der Waals surface area contributed by atoms with Crippen LogP contribution < -0.4 is 4.90 Å². The Bertz CT molecular complexity index is 599. The second-order valence-electron chi connectivity index (χ2n) is 4.96. The fraction of sp³-hybridized carbons (Fsp3) is 0.250. The van der Waals surface area contributed by atoms with Crippen LogP contribution >= 0.6 is 23.2 Å². The van der Waals surface area contributed by atoms with Gasteiger partial charge in [0.05, 0.1) is 16.1 Å². The lowest BCUT2D eigenvalue weighted by atomic mass is 10.0. The molecule has 106 valence electrons. The van der Waals surface area contributed by atoms with Crippen molar-refractivity contribution in [2.24, 2.45) is 0 Å². The van der Waals surface area contributed by atoms with Gasteiger partial charge in [-0.2, -0.15) is 0 Å². The Morgan fingerprint density at radius 1 is 1.05 bits per heavy atom. The molecule has 0 saturated heterocycles. The highest BCUT2D eigenvalue weighted by atomic mass is 35.5. The van der Waals surface area contributed by atoms with Crippen molar-refractivity contribution in [3.63, 3.8) is 0 Å². The Kier molecular flexibility index (Phi) is 4.92. The van der Waals surface area contributed by atoms with Crippen LogP contribution in [0.25, 0.3) is 0 Å². The summed E-state index contributed by atoms with van der Waals surface area (Å²) in [7, 11) is 3.95. The van der Waals surface area contributed by atoms with Crippen LogP contribution in [0.4, 0.5) is 5.69 Å². The lowest BCUT2D eigenvalue weighted by Crippen LogP contribution is -2.10. The largest absolute Gasteiger partial charge is 0.388 e. The minimum atomic E-state index is -0.563. The zero-order chi connectivity index (χ0) is 14.7. The maximum atomic E-state index is 10.3. The number of aliphatic hydroxyl groups excluding tert-OH is 1. The third kappa shape index (κ3) is 3.66. The predicted octanol–water partition coefficient (Wildman–Crippen LogP) is 4.34. The summed E-state index contributed by atoms with van der Waals surface area (Å²) in [4.78, 5) is 2.01. The van der Waals surface area contributed by atoms with Crippen molar-refractivity contribution in [1.82, 2.24) is 0 Å². The lowest BCUT2D eigenvalue weighted by molar-refractivity contribution is 0.178. The maximum Gasteiger partial charge on any atom is 0.0831 e. The highest BCUT2D eigenvalue weighted by molar-refractivity contribution is 6.42. The summed E-state index contributed by atoms with van der Waals surface area (Å²) in [6.45, 7) is 0. The molecule has 1 N–H and O–H groups in total. The van der Waals surface area contributed by atoms with Gasteiger partial charge in [-0.25, -0.2) is 0 Å². The first-order valence-electron chi connectivity index (χ1n) is 6.36. The summed E-state index contributed by atoms with van der Waals surface area (Å²) in [6, 6.07) is 13.3.